The summed E-state index contributed by atoms with van der Waals surface area (Å²) in [4.78, 5) is 36.7. The second kappa shape index (κ2) is 15.1. The molecule has 2 heterocycles. The van der Waals surface area contributed by atoms with E-state index in [-0.39, 0.29) is 29.2 Å². The van der Waals surface area contributed by atoms with E-state index in [2.05, 4.69) is 39.1 Å². The molecule has 4 aromatic rings. The average Bonchev–Trinajstić information content (AvgIpc) is 3.08. The lowest BCUT2D eigenvalue weighted by Crippen LogP contribution is -2.37. The molecule has 3 aromatic carbocycles. The van der Waals surface area contributed by atoms with Crippen molar-refractivity contribution in [2.75, 3.05) is 18.6 Å². The lowest BCUT2D eigenvalue weighted by atomic mass is 9.75. The molecule has 10 heteroatoms. The topological polar surface area (TPSA) is 81.1 Å². The lowest BCUT2D eigenvalue weighted by Gasteiger charge is -2.32. The van der Waals surface area contributed by atoms with E-state index < -0.39 is 35.6 Å². The summed E-state index contributed by atoms with van der Waals surface area (Å²) in [7, 11) is 1.14. The number of ether oxygens (including phenoxy) is 2. The smallest absolute Gasteiger partial charge is 0.433 e. The minimum Gasteiger partial charge on any atom is -0.468 e. The molecule has 0 saturated carbocycles. The number of alkyl halides is 3. The zero-order valence-corrected chi connectivity index (χ0v) is 26.9. The predicted molar refractivity (Wildman–Crippen MR) is 177 cm³/mol. The van der Waals surface area contributed by atoms with Crippen LogP contribution in [-0.2, 0) is 44.7 Å². The third-order valence-corrected chi connectivity index (χ3v) is 8.30. The fourth-order valence-electron chi connectivity index (χ4n) is 6.03. The van der Waals surface area contributed by atoms with Crippen LogP contribution < -0.4 is 4.90 Å². The van der Waals surface area contributed by atoms with E-state index >= 15 is 0 Å². The Balaban J connectivity index is 1.33. The first-order valence-electron chi connectivity index (χ1n) is 15.5. The van der Waals surface area contributed by atoms with Gasteiger partial charge in [0.15, 0.2) is 0 Å². The molecule has 0 bridgehead atoms. The van der Waals surface area contributed by atoms with Gasteiger partial charge in [-0.05, 0) is 54.3 Å². The van der Waals surface area contributed by atoms with Crippen LogP contribution in [0.4, 0.5) is 18.9 Å². The fourth-order valence-corrected chi connectivity index (χ4v) is 6.03. The van der Waals surface area contributed by atoms with Crippen molar-refractivity contribution in [3.63, 3.8) is 0 Å². The number of carbonyl (C=O) groups excluding carboxylic acids is 2. The van der Waals surface area contributed by atoms with Crippen LogP contribution in [0.15, 0.2) is 120 Å². The first-order valence-corrected chi connectivity index (χ1v) is 15.5. The molecule has 248 valence electrons. The Labute approximate surface area is 277 Å². The van der Waals surface area contributed by atoms with Crippen molar-refractivity contribution in [2.24, 2.45) is 10.9 Å². The molecule has 2 unspecified atom stereocenters. The summed E-state index contributed by atoms with van der Waals surface area (Å²) >= 11 is 0. The van der Waals surface area contributed by atoms with Crippen LogP contribution >= 0.6 is 0 Å². The van der Waals surface area contributed by atoms with Crippen molar-refractivity contribution in [2.45, 2.75) is 45.5 Å². The number of allylic oxidation sites excluding steroid dienone is 1. The summed E-state index contributed by atoms with van der Waals surface area (Å²) in [6.45, 7) is 4.42. The normalized spacial score (nSPS) is 16.2. The Morgan fingerprint density at radius 1 is 0.812 bits per heavy atom. The molecule has 0 amide bonds. The third-order valence-electron chi connectivity index (χ3n) is 8.30. The third kappa shape index (κ3) is 7.99. The molecule has 0 spiro atoms. The van der Waals surface area contributed by atoms with Gasteiger partial charge in [-0.3, -0.25) is 14.8 Å². The molecule has 1 aliphatic rings. The van der Waals surface area contributed by atoms with Gasteiger partial charge in [0, 0.05) is 48.7 Å². The molecule has 48 heavy (non-hydrogen) atoms. The highest BCUT2D eigenvalue weighted by atomic mass is 19.4. The zero-order chi connectivity index (χ0) is 34.3. The second-order valence-electron chi connectivity index (χ2n) is 11.5. The quantitative estimate of drug-likeness (QED) is 0.154. The Hall–Kier alpha value is -5.25. The van der Waals surface area contributed by atoms with Crippen LogP contribution in [-0.4, -0.2) is 36.4 Å². The Kier molecular flexibility index (Phi) is 10.7. The SMILES string of the molecule is COC(=O)C1C(C)=NC(C)=C(C(=O)OCCc2ccc(N(Cc3ccccc3)Cc3ccccc3)cc2)C1c1cccnc1C(F)(F)F. The molecule has 2 atom stereocenters. The van der Waals surface area contributed by atoms with E-state index in [0.717, 1.165) is 24.6 Å². The molecule has 7 nitrogen and oxygen atoms in total. The lowest BCUT2D eigenvalue weighted by molar-refractivity contribution is -0.146. The molecule has 5 rings (SSSR count). The van der Waals surface area contributed by atoms with Gasteiger partial charge in [-0.15, -0.1) is 0 Å². The number of anilines is 1. The van der Waals surface area contributed by atoms with Gasteiger partial charge in [0.05, 0.1) is 19.3 Å². The van der Waals surface area contributed by atoms with Gasteiger partial charge in [-0.1, -0.05) is 78.9 Å². The summed E-state index contributed by atoms with van der Waals surface area (Å²) in [6, 6.07) is 30.9. The van der Waals surface area contributed by atoms with Crippen LogP contribution in [0.25, 0.3) is 0 Å². The van der Waals surface area contributed by atoms with E-state index in [1.165, 1.54) is 37.1 Å². The average molecular weight is 656 g/mol. The maximum atomic E-state index is 14.1. The molecular formula is C38H36F3N3O4. The van der Waals surface area contributed by atoms with E-state index in [1.54, 1.807) is 0 Å². The minimum atomic E-state index is -4.83. The van der Waals surface area contributed by atoms with Gasteiger partial charge in [-0.25, -0.2) is 4.79 Å². The first-order chi connectivity index (χ1) is 23.1. The fraction of sp³-hybridized carbons (Fsp3) is 0.263. The van der Waals surface area contributed by atoms with Gasteiger partial charge in [-0.2, -0.15) is 13.2 Å². The number of hydrogen-bond donors (Lipinski definition) is 0. The van der Waals surface area contributed by atoms with Crippen molar-refractivity contribution >= 4 is 23.3 Å². The summed E-state index contributed by atoms with van der Waals surface area (Å²) < 4.78 is 52.8. The molecule has 0 radical (unpaired) electrons. The number of pyridine rings is 1. The number of aliphatic imine (C=N–C) groups is 1. The number of esters is 2. The Morgan fingerprint density at radius 3 is 1.98 bits per heavy atom. The summed E-state index contributed by atoms with van der Waals surface area (Å²) in [5, 5.41) is 0. The highest BCUT2D eigenvalue weighted by Crippen LogP contribution is 2.44. The van der Waals surface area contributed by atoms with Crippen LogP contribution in [0.3, 0.4) is 0 Å². The number of hydrogen-bond acceptors (Lipinski definition) is 7. The van der Waals surface area contributed by atoms with Gasteiger partial charge in [0.2, 0.25) is 0 Å². The summed E-state index contributed by atoms with van der Waals surface area (Å²) in [6.07, 6.45) is -3.44. The van der Waals surface area contributed by atoms with Gasteiger partial charge in [0.1, 0.15) is 11.6 Å². The number of halogens is 3. The summed E-state index contributed by atoms with van der Waals surface area (Å²) in [5.74, 6) is -4.29. The summed E-state index contributed by atoms with van der Waals surface area (Å²) in [5.41, 5.74) is 3.03. The van der Waals surface area contributed by atoms with Crippen LogP contribution in [0.2, 0.25) is 0 Å². The molecule has 0 saturated heterocycles. The van der Waals surface area contributed by atoms with Gasteiger partial charge < -0.3 is 14.4 Å². The molecule has 1 aromatic heterocycles. The number of carbonyl (C=O) groups is 2. The predicted octanol–water partition coefficient (Wildman–Crippen LogP) is 7.71. The molecule has 1 aliphatic heterocycles. The number of nitrogens with zero attached hydrogens (tertiary/aromatic N) is 3. The van der Waals surface area contributed by atoms with E-state index in [4.69, 9.17) is 9.47 Å². The number of rotatable bonds is 11. The van der Waals surface area contributed by atoms with Crippen molar-refractivity contribution < 1.29 is 32.2 Å². The van der Waals surface area contributed by atoms with Crippen LogP contribution in [0, 0.1) is 5.92 Å². The van der Waals surface area contributed by atoms with Crippen LogP contribution in [0.1, 0.15) is 47.7 Å². The van der Waals surface area contributed by atoms with Crippen LogP contribution in [0.5, 0.6) is 0 Å². The standard InChI is InChI=1S/C38H36F3N3O4/c1-25-32(36(45)47-3)34(31-15-10-21-42-35(31)38(39,40)41)33(26(2)43-25)37(46)48-22-20-27-16-18-30(19-17-27)44(23-28-11-6-4-7-12-28)24-29-13-8-5-9-14-29/h4-19,21,32,34H,20,22-24H2,1-3H3. The highest BCUT2D eigenvalue weighted by molar-refractivity contribution is 6.07. The van der Waals surface area contributed by atoms with Crippen molar-refractivity contribution in [3.05, 3.63) is 142 Å². The first kappa shape index (κ1) is 34.1. The molecular weight excluding hydrogens is 619 g/mol. The van der Waals surface area contributed by atoms with E-state index in [1.807, 2.05) is 60.7 Å². The molecule has 0 N–H and O–H groups in total. The van der Waals surface area contributed by atoms with Gasteiger partial charge >= 0.3 is 18.1 Å². The largest absolute Gasteiger partial charge is 0.468 e. The highest BCUT2D eigenvalue weighted by Gasteiger charge is 2.46. The Morgan fingerprint density at radius 2 is 1.42 bits per heavy atom. The van der Waals surface area contributed by atoms with E-state index in [0.29, 0.717) is 19.5 Å². The maximum Gasteiger partial charge on any atom is 0.433 e. The van der Waals surface area contributed by atoms with Crippen molar-refractivity contribution in [3.8, 4) is 0 Å². The minimum absolute atomic E-state index is 0.0375. The number of aromatic nitrogens is 1. The Bertz CT molecular complexity index is 1750. The zero-order valence-electron chi connectivity index (χ0n) is 26.9. The number of methoxy groups -OCH3 is 1. The molecule has 0 fully saturated rings. The van der Waals surface area contributed by atoms with Crippen molar-refractivity contribution in [1.82, 2.24) is 4.98 Å². The van der Waals surface area contributed by atoms with Gasteiger partial charge in [0.25, 0.3) is 0 Å². The second-order valence-corrected chi connectivity index (χ2v) is 11.5. The van der Waals surface area contributed by atoms with E-state index in [9.17, 15) is 22.8 Å². The maximum absolute atomic E-state index is 14.1. The van der Waals surface area contributed by atoms with Crippen molar-refractivity contribution in [1.29, 1.82) is 0 Å². The monoisotopic (exact) mass is 655 g/mol. The molecule has 0 aliphatic carbocycles. The number of benzene rings is 3.